The van der Waals surface area contributed by atoms with Crippen LogP contribution in [-0.4, -0.2) is 50.0 Å². The molecule has 1 fully saturated rings. The molecule has 4 rings (SSSR count). The maximum absolute atomic E-state index is 12.9. The van der Waals surface area contributed by atoms with Gasteiger partial charge in [0.2, 0.25) is 15.9 Å². The first-order chi connectivity index (χ1) is 16.3. The Hall–Kier alpha value is -3.04. The Morgan fingerprint density at radius 1 is 1.09 bits per heavy atom. The summed E-state index contributed by atoms with van der Waals surface area (Å²) in [6.07, 6.45) is 3.61. The van der Waals surface area contributed by atoms with Gasteiger partial charge in [-0.15, -0.1) is 0 Å². The average molecular weight is 486 g/mol. The molecule has 0 aliphatic carbocycles. The zero-order valence-corrected chi connectivity index (χ0v) is 20.6. The first kappa shape index (κ1) is 24.1. The molecule has 1 aliphatic rings. The molecule has 1 saturated heterocycles. The van der Waals surface area contributed by atoms with E-state index in [0.29, 0.717) is 42.6 Å². The van der Waals surface area contributed by atoms with E-state index in [1.54, 1.807) is 25.3 Å². The lowest BCUT2D eigenvalue weighted by Gasteiger charge is -2.17. The number of sulfonamides is 1. The molecule has 0 radical (unpaired) electrons. The van der Waals surface area contributed by atoms with Crippen LogP contribution in [0.5, 0.6) is 11.5 Å². The third-order valence-electron chi connectivity index (χ3n) is 6.19. The highest BCUT2D eigenvalue weighted by Gasteiger charge is 2.27. The molecule has 1 amide bonds. The lowest BCUT2D eigenvalue weighted by atomic mass is 10.2. The molecule has 1 atom stereocenters. The molecule has 2 heterocycles. The van der Waals surface area contributed by atoms with Gasteiger partial charge in [0.1, 0.15) is 6.04 Å². The lowest BCUT2D eigenvalue weighted by Crippen LogP contribution is -2.30. The number of rotatable bonds is 9. The average Bonchev–Trinajstić information content (AvgIpc) is 3.53. The van der Waals surface area contributed by atoms with Gasteiger partial charge < -0.3 is 19.4 Å². The van der Waals surface area contributed by atoms with Crippen LogP contribution < -0.4 is 14.8 Å². The molecular weight excluding hydrogens is 454 g/mol. The number of aromatic nitrogens is 1. The van der Waals surface area contributed by atoms with E-state index in [1.807, 2.05) is 48.9 Å². The Bertz CT molecular complexity index is 1280. The summed E-state index contributed by atoms with van der Waals surface area (Å²) >= 11 is 0. The maximum atomic E-state index is 12.9. The number of fused-ring (bicyclic) bond motifs is 1. The molecule has 0 bridgehead atoms. The standard InChI is InChI=1S/C25H31N3O5S/c1-4-33-23-10-7-19(15-24(23)32-3)17-26-25(29)18(2)28-14-11-20-16-21(8-9-22(20)28)34(30,31)27-12-5-6-13-27/h7-11,14-16,18H,4-6,12-13,17H2,1-3H3,(H,26,29)/t18-/m0/s1. The molecule has 0 unspecified atom stereocenters. The van der Waals surface area contributed by atoms with Crippen LogP contribution in [0.4, 0.5) is 0 Å². The lowest BCUT2D eigenvalue weighted by molar-refractivity contribution is -0.123. The second kappa shape index (κ2) is 10.1. The van der Waals surface area contributed by atoms with Crippen LogP contribution in [0.2, 0.25) is 0 Å². The van der Waals surface area contributed by atoms with Gasteiger partial charge in [0.15, 0.2) is 11.5 Å². The number of hydrogen-bond donors (Lipinski definition) is 1. The summed E-state index contributed by atoms with van der Waals surface area (Å²) < 4.78 is 40.1. The number of benzene rings is 2. The number of ether oxygens (including phenoxy) is 2. The van der Waals surface area contributed by atoms with Crippen LogP contribution in [0.25, 0.3) is 10.9 Å². The molecule has 9 heteroatoms. The van der Waals surface area contributed by atoms with Gasteiger partial charge in [-0.3, -0.25) is 4.79 Å². The van der Waals surface area contributed by atoms with Crippen molar-refractivity contribution in [3.63, 3.8) is 0 Å². The van der Waals surface area contributed by atoms with Crippen molar-refractivity contribution in [2.24, 2.45) is 0 Å². The molecule has 2 aromatic carbocycles. The first-order valence-electron chi connectivity index (χ1n) is 11.5. The number of methoxy groups -OCH3 is 1. The Morgan fingerprint density at radius 2 is 1.85 bits per heavy atom. The number of amides is 1. The first-order valence-corrected chi connectivity index (χ1v) is 13.0. The summed E-state index contributed by atoms with van der Waals surface area (Å²) in [5.74, 6) is 1.15. The van der Waals surface area contributed by atoms with Crippen molar-refractivity contribution in [1.29, 1.82) is 0 Å². The third kappa shape index (κ3) is 4.76. The minimum atomic E-state index is -3.48. The van der Waals surface area contributed by atoms with Crippen LogP contribution in [0.3, 0.4) is 0 Å². The third-order valence-corrected chi connectivity index (χ3v) is 8.08. The zero-order valence-electron chi connectivity index (χ0n) is 19.8. The van der Waals surface area contributed by atoms with Gasteiger partial charge in [-0.25, -0.2) is 8.42 Å². The monoisotopic (exact) mass is 485 g/mol. The maximum Gasteiger partial charge on any atom is 0.243 e. The minimum Gasteiger partial charge on any atom is -0.493 e. The zero-order chi connectivity index (χ0) is 24.3. The largest absolute Gasteiger partial charge is 0.493 e. The molecule has 1 aliphatic heterocycles. The number of hydrogen-bond acceptors (Lipinski definition) is 5. The molecular formula is C25H31N3O5S. The van der Waals surface area contributed by atoms with Crippen molar-refractivity contribution in [2.75, 3.05) is 26.8 Å². The second-order valence-electron chi connectivity index (χ2n) is 8.37. The van der Waals surface area contributed by atoms with Crippen molar-refractivity contribution < 1.29 is 22.7 Å². The van der Waals surface area contributed by atoms with Crippen molar-refractivity contribution in [3.05, 3.63) is 54.2 Å². The van der Waals surface area contributed by atoms with Crippen LogP contribution in [0.1, 0.15) is 38.3 Å². The van der Waals surface area contributed by atoms with E-state index in [0.717, 1.165) is 29.3 Å². The van der Waals surface area contributed by atoms with Crippen LogP contribution in [-0.2, 0) is 21.4 Å². The van der Waals surface area contributed by atoms with Gasteiger partial charge in [0.05, 0.1) is 18.6 Å². The normalized spacial score (nSPS) is 15.4. The molecule has 8 nitrogen and oxygen atoms in total. The second-order valence-corrected chi connectivity index (χ2v) is 10.3. The van der Waals surface area contributed by atoms with Gasteiger partial charge in [-0.2, -0.15) is 4.31 Å². The predicted molar refractivity (Wildman–Crippen MR) is 131 cm³/mol. The van der Waals surface area contributed by atoms with Crippen LogP contribution in [0, 0.1) is 0 Å². The predicted octanol–water partition coefficient (Wildman–Crippen LogP) is 3.71. The molecule has 0 saturated carbocycles. The SMILES string of the molecule is CCOc1ccc(CNC(=O)[C@H](C)n2ccc3cc(S(=O)(=O)N4CCCC4)ccc32)cc1OC. The molecule has 1 aromatic heterocycles. The summed E-state index contributed by atoms with van der Waals surface area (Å²) in [7, 11) is -1.90. The Labute approximate surface area is 200 Å². The fourth-order valence-electron chi connectivity index (χ4n) is 4.28. The van der Waals surface area contributed by atoms with Crippen molar-refractivity contribution in [2.45, 2.75) is 44.2 Å². The number of carbonyl (C=O) groups excluding carboxylic acids is 1. The van der Waals surface area contributed by atoms with E-state index in [9.17, 15) is 13.2 Å². The van der Waals surface area contributed by atoms with Gasteiger partial charge in [0.25, 0.3) is 0 Å². The highest BCUT2D eigenvalue weighted by molar-refractivity contribution is 7.89. The molecule has 34 heavy (non-hydrogen) atoms. The van der Waals surface area contributed by atoms with Crippen LogP contribution in [0.15, 0.2) is 53.6 Å². The van der Waals surface area contributed by atoms with Gasteiger partial charge in [-0.05, 0) is 68.7 Å². The molecule has 1 N–H and O–H groups in total. The molecule has 3 aromatic rings. The Kier molecular flexibility index (Phi) is 7.13. The summed E-state index contributed by atoms with van der Waals surface area (Å²) in [6.45, 7) is 5.76. The quantitative estimate of drug-likeness (QED) is 0.499. The molecule has 182 valence electrons. The van der Waals surface area contributed by atoms with Gasteiger partial charge >= 0.3 is 0 Å². The summed E-state index contributed by atoms with van der Waals surface area (Å²) in [6, 6.07) is 12.1. The van der Waals surface area contributed by atoms with E-state index in [4.69, 9.17) is 9.47 Å². The highest BCUT2D eigenvalue weighted by atomic mass is 32.2. The summed E-state index contributed by atoms with van der Waals surface area (Å²) in [5.41, 5.74) is 1.71. The van der Waals surface area contributed by atoms with E-state index >= 15 is 0 Å². The van der Waals surface area contributed by atoms with Gasteiger partial charge in [-0.1, -0.05) is 6.07 Å². The highest BCUT2D eigenvalue weighted by Crippen LogP contribution is 2.29. The van der Waals surface area contributed by atoms with Gasteiger partial charge in [0, 0.05) is 36.7 Å². The van der Waals surface area contributed by atoms with Crippen LogP contribution >= 0.6 is 0 Å². The van der Waals surface area contributed by atoms with E-state index in [1.165, 1.54) is 4.31 Å². The fourth-order valence-corrected chi connectivity index (χ4v) is 5.83. The van der Waals surface area contributed by atoms with Crippen molar-refractivity contribution in [3.8, 4) is 11.5 Å². The minimum absolute atomic E-state index is 0.140. The molecule has 0 spiro atoms. The van der Waals surface area contributed by atoms with Crippen molar-refractivity contribution >= 4 is 26.8 Å². The van der Waals surface area contributed by atoms with E-state index in [2.05, 4.69) is 5.32 Å². The number of carbonyl (C=O) groups is 1. The van der Waals surface area contributed by atoms with Crippen molar-refractivity contribution in [1.82, 2.24) is 14.2 Å². The smallest absolute Gasteiger partial charge is 0.243 e. The van der Waals surface area contributed by atoms with E-state index in [-0.39, 0.29) is 5.91 Å². The summed E-state index contributed by atoms with van der Waals surface area (Å²) in [4.78, 5) is 13.2. The fraction of sp³-hybridized carbons (Fsp3) is 0.400. The van der Waals surface area contributed by atoms with E-state index < -0.39 is 16.1 Å². The Balaban J connectivity index is 1.47. The summed E-state index contributed by atoms with van der Waals surface area (Å²) in [5, 5.41) is 3.76. The topological polar surface area (TPSA) is 89.9 Å². The number of nitrogens with one attached hydrogen (secondary N) is 1. The number of nitrogens with zero attached hydrogens (tertiary/aromatic N) is 2. The Morgan fingerprint density at radius 3 is 2.56 bits per heavy atom.